The molecule has 0 amide bonds. The molecule has 1 heterocycles. The van der Waals surface area contributed by atoms with Crippen LogP contribution in [0.3, 0.4) is 0 Å². The topological polar surface area (TPSA) is 66.0 Å². The zero-order valence-corrected chi connectivity index (χ0v) is 12.8. The highest BCUT2D eigenvalue weighted by atomic mass is 79.9. The summed E-state index contributed by atoms with van der Waals surface area (Å²) in [5.41, 5.74) is 6.92. The van der Waals surface area contributed by atoms with Crippen LogP contribution in [0.1, 0.15) is 30.2 Å². The first-order chi connectivity index (χ1) is 8.99. The second-order valence-corrected chi connectivity index (χ2v) is 5.40. The first-order valence-corrected chi connectivity index (χ1v) is 6.81. The van der Waals surface area contributed by atoms with Gasteiger partial charge in [0.05, 0.1) is 0 Å². The van der Waals surface area contributed by atoms with Crippen molar-refractivity contribution < 1.29 is 4.74 Å². The smallest absolute Gasteiger partial charge is 0.170 e. The summed E-state index contributed by atoms with van der Waals surface area (Å²) in [4.78, 5) is 0. The molecule has 0 saturated carbocycles. The Morgan fingerprint density at radius 2 is 2.16 bits per heavy atom. The quantitative estimate of drug-likeness (QED) is 0.938. The van der Waals surface area contributed by atoms with E-state index in [1.54, 1.807) is 0 Å². The Morgan fingerprint density at radius 3 is 2.74 bits per heavy atom. The van der Waals surface area contributed by atoms with Crippen LogP contribution in [0.25, 0.3) is 0 Å². The second kappa shape index (κ2) is 5.71. The molecule has 1 aromatic carbocycles. The van der Waals surface area contributed by atoms with E-state index in [1.165, 1.54) is 0 Å². The molecule has 2 N–H and O–H groups in total. The van der Waals surface area contributed by atoms with Crippen molar-refractivity contribution in [3.63, 3.8) is 0 Å². The number of benzene rings is 1. The lowest BCUT2D eigenvalue weighted by atomic mass is 10.1. The minimum atomic E-state index is -0.0891. The maximum Gasteiger partial charge on any atom is 0.170 e. The number of hydrogen-bond donors (Lipinski definition) is 1. The maximum absolute atomic E-state index is 5.95. The van der Waals surface area contributed by atoms with E-state index in [1.807, 2.05) is 43.7 Å². The predicted octanol–water partition coefficient (Wildman–Crippen LogP) is 2.48. The number of nitrogens with two attached hydrogens (primary N) is 1. The fraction of sp³-hybridized carbons (Fsp3) is 0.385. The third-order valence-corrected chi connectivity index (χ3v) is 3.50. The SMILES string of the molecule is Cc1nnc(COc2ccc(Br)cc2[C@@H](C)N)n1C. The third kappa shape index (κ3) is 3.13. The van der Waals surface area contributed by atoms with Crippen molar-refractivity contribution in [1.82, 2.24) is 14.8 Å². The molecule has 0 aliphatic heterocycles. The molecule has 2 rings (SSSR count). The summed E-state index contributed by atoms with van der Waals surface area (Å²) in [5, 5.41) is 8.07. The summed E-state index contributed by atoms with van der Waals surface area (Å²) in [6.45, 7) is 4.21. The Kier molecular flexibility index (Phi) is 4.21. The van der Waals surface area contributed by atoms with Crippen LogP contribution in [0.15, 0.2) is 22.7 Å². The summed E-state index contributed by atoms with van der Waals surface area (Å²) in [7, 11) is 1.92. The van der Waals surface area contributed by atoms with E-state index < -0.39 is 0 Å². The van der Waals surface area contributed by atoms with Crippen molar-refractivity contribution in [2.45, 2.75) is 26.5 Å². The monoisotopic (exact) mass is 324 g/mol. The molecule has 0 fully saturated rings. The van der Waals surface area contributed by atoms with Crippen LogP contribution in [-0.4, -0.2) is 14.8 Å². The molecule has 0 aliphatic carbocycles. The average Bonchev–Trinajstić information content (AvgIpc) is 2.68. The van der Waals surface area contributed by atoms with Crippen LogP contribution in [0.5, 0.6) is 5.75 Å². The van der Waals surface area contributed by atoms with Gasteiger partial charge in [-0.15, -0.1) is 10.2 Å². The standard InChI is InChI=1S/C13H17BrN4O/c1-8(15)11-6-10(14)4-5-12(11)19-7-13-17-16-9(2)18(13)3/h4-6,8H,7,15H2,1-3H3/t8-/m1/s1. The van der Waals surface area contributed by atoms with Crippen molar-refractivity contribution in [2.24, 2.45) is 12.8 Å². The van der Waals surface area contributed by atoms with Gasteiger partial charge in [0.1, 0.15) is 18.2 Å². The number of aromatic nitrogens is 3. The number of ether oxygens (including phenoxy) is 1. The number of halogens is 1. The van der Waals surface area contributed by atoms with Crippen LogP contribution in [0, 0.1) is 6.92 Å². The van der Waals surface area contributed by atoms with Gasteiger partial charge >= 0.3 is 0 Å². The maximum atomic E-state index is 5.95. The third-order valence-electron chi connectivity index (χ3n) is 3.00. The second-order valence-electron chi connectivity index (χ2n) is 4.48. The van der Waals surface area contributed by atoms with E-state index in [4.69, 9.17) is 10.5 Å². The molecule has 0 saturated heterocycles. The largest absolute Gasteiger partial charge is 0.485 e. The van der Waals surface area contributed by atoms with E-state index in [0.717, 1.165) is 27.4 Å². The highest BCUT2D eigenvalue weighted by molar-refractivity contribution is 9.10. The molecule has 0 spiro atoms. The van der Waals surface area contributed by atoms with Crippen molar-refractivity contribution in [2.75, 3.05) is 0 Å². The van der Waals surface area contributed by atoms with Crippen molar-refractivity contribution in [3.05, 3.63) is 39.9 Å². The van der Waals surface area contributed by atoms with Gasteiger partial charge in [0.25, 0.3) is 0 Å². The lowest BCUT2D eigenvalue weighted by Crippen LogP contribution is -2.10. The number of rotatable bonds is 4. The summed E-state index contributed by atoms with van der Waals surface area (Å²) >= 11 is 3.44. The molecule has 19 heavy (non-hydrogen) atoms. The average molecular weight is 325 g/mol. The van der Waals surface area contributed by atoms with Gasteiger partial charge in [0.2, 0.25) is 0 Å². The molecular weight excluding hydrogens is 308 g/mol. The van der Waals surface area contributed by atoms with E-state index in [2.05, 4.69) is 26.1 Å². The Morgan fingerprint density at radius 1 is 1.42 bits per heavy atom. The number of nitrogens with zero attached hydrogens (tertiary/aromatic N) is 3. The molecule has 1 atom stereocenters. The van der Waals surface area contributed by atoms with E-state index in [-0.39, 0.29) is 6.04 Å². The molecule has 0 aliphatic rings. The van der Waals surface area contributed by atoms with E-state index in [9.17, 15) is 0 Å². The van der Waals surface area contributed by atoms with E-state index in [0.29, 0.717) is 6.61 Å². The molecule has 6 heteroatoms. The van der Waals surface area contributed by atoms with Crippen LogP contribution in [0.4, 0.5) is 0 Å². The van der Waals surface area contributed by atoms with Gasteiger partial charge < -0.3 is 15.0 Å². The predicted molar refractivity (Wildman–Crippen MR) is 76.8 cm³/mol. The van der Waals surface area contributed by atoms with Gasteiger partial charge in [-0.25, -0.2) is 0 Å². The zero-order valence-electron chi connectivity index (χ0n) is 11.2. The van der Waals surface area contributed by atoms with Gasteiger partial charge in [-0.3, -0.25) is 0 Å². The van der Waals surface area contributed by atoms with Gasteiger partial charge in [-0.2, -0.15) is 0 Å². The van der Waals surface area contributed by atoms with Crippen LogP contribution >= 0.6 is 15.9 Å². The van der Waals surface area contributed by atoms with Crippen LogP contribution in [-0.2, 0) is 13.7 Å². The fourth-order valence-corrected chi connectivity index (χ4v) is 2.10. The highest BCUT2D eigenvalue weighted by Crippen LogP contribution is 2.28. The molecule has 1 aromatic heterocycles. The molecule has 0 bridgehead atoms. The summed E-state index contributed by atoms with van der Waals surface area (Å²) in [5.74, 6) is 2.43. The summed E-state index contributed by atoms with van der Waals surface area (Å²) in [6.07, 6.45) is 0. The Bertz CT molecular complexity index is 580. The van der Waals surface area contributed by atoms with Gasteiger partial charge in [0.15, 0.2) is 5.82 Å². The fourth-order valence-electron chi connectivity index (χ4n) is 1.73. The summed E-state index contributed by atoms with van der Waals surface area (Å²) < 4.78 is 8.70. The van der Waals surface area contributed by atoms with Gasteiger partial charge in [-0.05, 0) is 32.0 Å². The number of aryl methyl sites for hydroxylation is 1. The lowest BCUT2D eigenvalue weighted by molar-refractivity contribution is 0.286. The molecule has 2 aromatic rings. The Hall–Kier alpha value is -1.40. The minimum absolute atomic E-state index is 0.0891. The van der Waals surface area contributed by atoms with Crippen molar-refractivity contribution >= 4 is 15.9 Å². The van der Waals surface area contributed by atoms with Crippen molar-refractivity contribution in [3.8, 4) is 5.75 Å². The Labute approximate surface area is 120 Å². The minimum Gasteiger partial charge on any atom is -0.485 e. The molecule has 0 radical (unpaired) electrons. The number of hydrogen-bond acceptors (Lipinski definition) is 4. The molecular formula is C13H17BrN4O. The van der Waals surface area contributed by atoms with E-state index >= 15 is 0 Å². The van der Waals surface area contributed by atoms with Crippen LogP contribution in [0.2, 0.25) is 0 Å². The molecule has 0 unspecified atom stereocenters. The van der Waals surface area contributed by atoms with Gasteiger partial charge in [0, 0.05) is 23.1 Å². The van der Waals surface area contributed by atoms with Crippen LogP contribution < -0.4 is 10.5 Å². The van der Waals surface area contributed by atoms with Crippen molar-refractivity contribution in [1.29, 1.82) is 0 Å². The summed E-state index contributed by atoms with van der Waals surface area (Å²) in [6, 6.07) is 5.73. The molecule has 5 nitrogen and oxygen atoms in total. The first kappa shape index (κ1) is 14.0. The highest BCUT2D eigenvalue weighted by Gasteiger charge is 2.11. The normalized spacial score (nSPS) is 12.5. The first-order valence-electron chi connectivity index (χ1n) is 6.01. The lowest BCUT2D eigenvalue weighted by Gasteiger charge is -2.14. The Balaban J connectivity index is 2.17. The van der Waals surface area contributed by atoms with Gasteiger partial charge in [-0.1, -0.05) is 15.9 Å². The zero-order chi connectivity index (χ0) is 14.0. The molecule has 102 valence electrons.